The van der Waals surface area contributed by atoms with Crippen LogP contribution in [0.2, 0.25) is 0 Å². The Kier molecular flexibility index (Phi) is 6.72. The third kappa shape index (κ3) is 6.27. The Bertz CT molecular complexity index is 760. The number of urea groups is 1. The van der Waals surface area contributed by atoms with Crippen LogP contribution in [0.5, 0.6) is 0 Å². The highest BCUT2D eigenvalue weighted by Crippen LogP contribution is 2.04. The largest absolute Gasteiger partial charge is 0.480 e. The minimum atomic E-state index is -1.02. The highest BCUT2D eigenvalue weighted by Gasteiger charge is 2.10. The number of carboxylic acids is 1. The van der Waals surface area contributed by atoms with Gasteiger partial charge in [-0.15, -0.1) is 0 Å². The maximum absolute atomic E-state index is 12.0. The van der Waals surface area contributed by atoms with Crippen molar-refractivity contribution < 1.29 is 19.5 Å². The van der Waals surface area contributed by atoms with Crippen LogP contribution >= 0.6 is 0 Å². The van der Waals surface area contributed by atoms with Gasteiger partial charge >= 0.3 is 12.0 Å². The van der Waals surface area contributed by atoms with Gasteiger partial charge in [-0.1, -0.05) is 30.3 Å². The molecule has 2 aromatic rings. The number of aromatic nitrogens is 2. The number of carbonyl (C=O) groups is 3. The van der Waals surface area contributed by atoms with Crippen LogP contribution in [-0.2, 0) is 22.7 Å². The van der Waals surface area contributed by atoms with Crippen LogP contribution in [0.25, 0.3) is 0 Å². The summed E-state index contributed by atoms with van der Waals surface area (Å²) in [5.41, 5.74) is 1.01. The molecule has 26 heavy (non-hydrogen) atoms. The van der Waals surface area contributed by atoms with Crippen molar-refractivity contribution in [3.63, 3.8) is 0 Å². The summed E-state index contributed by atoms with van der Waals surface area (Å²) in [6, 6.07) is 10.8. The second-order valence-corrected chi connectivity index (χ2v) is 5.66. The maximum Gasteiger partial charge on any atom is 0.325 e. The van der Waals surface area contributed by atoms with Crippen molar-refractivity contribution in [3.05, 3.63) is 48.2 Å². The minimum absolute atomic E-state index is 0.0801. The number of anilines is 1. The lowest BCUT2D eigenvalue weighted by atomic mass is 10.2. The number of carboxylic acid groups (broad SMARTS) is 1. The van der Waals surface area contributed by atoms with Gasteiger partial charge in [0, 0.05) is 38.8 Å². The van der Waals surface area contributed by atoms with E-state index < -0.39 is 5.97 Å². The zero-order chi connectivity index (χ0) is 18.9. The fourth-order valence-electron chi connectivity index (χ4n) is 2.21. The molecule has 9 nitrogen and oxygen atoms in total. The van der Waals surface area contributed by atoms with E-state index in [0.717, 1.165) is 5.56 Å². The summed E-state index contributed by atoms with van der Waals surface area (Å²) in [7, 11) is 1.68. The van der Waals surface area contributed by atoms with Crippen molar-refractivity contribution in [2.24, 2.45) is 0 Å². The third-order valence-corrected chi connectivity index (χ3v) is 3.44. The van der Waals surface area contributed by atoms with Crippen LogP contribution < -0.4 is 10.6 Å². The predicted molar refractivity (Wildman–Crippen MR) is 94.4 cm³/mol. The number of carbonyl (C=O) groups excluding carboxylic acids is 2. The molecule has 0 atom stereocenters. The summed E-state index contributed by atoms with van der Waals surface area (Å²) >= 11 is 0. The Hall–Kier alpha value is -3.36. The summed E-state index contributed by atoms with van der Waals surface area (Å²) in [5.74, 6) is -1.08. The van der Waals surface area contributed by atoms with E-state index in [1.807, 2.05) is 30.3 Å². The lowest BCUT2D eigenvalue weighted by Crippen LogP contribution is -2.38. The van der Waals surface area contributed by atoms with Crippen molar-refractivity contribution in [3.8, 4) is 0 Å². The monoisotopic (exact) mass is 359 g/mol. The van der Waals surface area contributed by atoms with E-state index >= 15 is 0 Å². The fraction of sp³-hybridized carbons (Fsp3) is 0.294. The van der Waals surface area contributed by atoms with Gasteiger partial charge in [0.15, 0.2) is 5.82 Å². The normalized spacial score (nSPS) is 10.2. The molecule has 0 unspecified atom stereocenters. The number of benzene rings is 1. The second kappa shape index (κ2) is 9.21. The molecule has 138 valence electrons. The van der Waals surface area contributed by atoms with E-state index in [9.17, 15) is 14.4 Å². The Morgan fingerprint density at radius 3 is 2.62 bits per heavy atom. The third-order valence-electron chi connectivity index (χ3n) is 3.44. The Labute approximate surface area is 150 Å². The molecule has 3 amide bonds. The van der Waals surface area contributed by atoms with Crippen LogP contribution in [0.4, 0.5) is 10.6 Å². The van der Waals surface area contributed by atoms with Gasteiger partial charge < -0.3 is 20.6 Å². The molecule has 0 radical (unpaired) electrons. The molecule has 2 rings (SSSR count). The molecule has 0 saturated heterocycles. The summed E-state index contributed by atoms with van der Waals surface area (Å²) < 4.78 is 1.21. The number of nitrogens with zero attached hydrogens (tertiary/aromatic N) is 3. The van der Waals surface area contributed by atoms with E-state index in [1.165, 1.54) is 21.8 Å². The van der Waals surface area contributed by atoms with Gasteiger partial charge in [0.1, 0.15) is 6.54 Å². The van der Waals surface area contributed by atoms with Gasteiger partial charge in [0.2, 0.25) is 5.91 Å². The maximum atomic E-state index is 12.0. The highest BCUT2D eigenvalue weighted by molar-refractivity contribution is 5.90. The molecule has 3 N–H and O–H groups in total. The fourth-order valence-corrected chi connectivity index (χ4v) is 2.21. The van der Waals surface area contributed by atoms with Crippen LogP contribution in [-0.4, -0.2) is 51.3 Å². The molecule has 0 saturated carbocycles. The average molecular weight is 359 g/mol. The first-order chi connectivity index (χ1) is 12.4. The minimum Gasteiger partial charge on any atom is -0.480 e. The molecule has 0 spiro atoms. The quantitative estimate of drug-likeness (QED) is 0.653. The molecule has 1 aromatic heterocycles. The SMILES string of the molecule is CN(Cc1ccccc1)C(=O)NCCC(=O)Nc1ccn(CC(=O)O)n1. The van der Waals surface area contributed by atoms with Gasteiger partial charge in [-0.2, -0.15) is 5.10 Å². The molecule has 1 aromatic carbocycles. The average Bonchev–Trinajstić information content (AvgIpc) is 3.01. The van der Waals surface area contributed by atoms with Crippen molar-refractivity contribution >= 4 is 23.7 Å². The lowest BCUT2D eigenvalue weighted by molar-refractivity contribution is -0.137. The zero-order valence-corrected chi connectivity index (χ0v) is 14.4. The lowest BCUT2D eigenvalue weighted by Gasteiger charge is -2.17. The van der Waals surface area contributed by atoms with Crippen LogP contribution in [0.1, 0.15) is 12.0 Å². The topological polar surface area (TPSA) is 117 Å². The van der Waals surface area contributed by atoms with Crippen LogP contribution in [0.3, 0.4) is 0 Å². The molecule has 0 aliphatic carbocycles. The standard InChI is InChI=1S/C17H21N5O4/c1-21(11-13-5-3-2-4-6-13)17(26)18-9-7-15(23)19-14-8-10-22(20-14)12-16(24)25/h2-6,8,10H,7,9,11-12H2,1H3,(H,18,26)(H,24,25)(H,19,20,23). The number of aliphatic carboxylic acids is 1. The van der Waals surface area contributed by atoms with E-state index in [2.05, 4.69) is 15.7 Å². The molecule has 0 bridgehead atoms. The van der Waals surface area contributed by atoms with Gasteiger partial charge in [-0.25, -0.2) is 4.79 Å². The van der Waals surface area contributed by atoms with Gasteiger partial charge in [-0.05, 0) is 5.56 Å². The van der Waals surface area contributed by atoms with Crippen LogP contribution in [0, 0.1) is 0 Å². The Balaban J connectivity index is 1.69. The number of amides is 3. The summed E-state index contributed by atoms with van der Waals surface area (Å²) in [6.07, 6.45) is 1.54. The smallest absolute Gasteiger partial charge is 0.325 e. The molecule has 0 aliphatic heterocycles. The van der Waals surface area contributed by atoms with Gasteiger partial charge in [0.25, 0.3) is 0 Å². The van der Waals surface area contributed by atoms with Crippen molar-refractivity contribution in [1.82, 2.24) is 20.0 Å². The van der Waals surface area contributed by atoms with Gasteiger partial charge in [0.05, 0.1) is 0 Å². The summed E-state index contributed by atoms with van der Waals surface area (Å²) in [4.78, 5) is 36.0. The molecule has 0 aliphatic rings. The zero-order valence-electron chi connectivity index (χ0n) is 14.4. The number of nitrogens with one attached hydrogen (secondary N) is 2. The van der Waals surface area contributed by atoms with Gasteiger partial charge in [-0.3, -0.25) is 14.3 Å². The van der Waals surface area contributed by atoms with E-state index in [0.29, 0.717) is 6.54 Å². The molecule has 0 fully saturated rings. The van der Waals surface area contributed by atoms with E-state index in [-0.39, 0.29) is 37.3 Å². The first-order valence-electron chi connectivity index (χ1n) is 8.02. The molecule has 1 heterocycles. The first-order valence-corrected chi connectivity index (χ1v) is 8.02. The van der Waals surface area contributed by atoms with E-state index in [1.54, 1.807) is 7.05 Å². The Morgan fingerprint density at radius 2 is 1.92 bits per heavy atom. The first kappa shape index (κ1) is 19.0. The molecule has 9 heteroatoms. The number of rotatable bonds is 8. The molecular formula is C17H21N5O4. The predicted octanol–water partition coefficient (Wildman–Crippen LogP) is 1.14. The second-order valence-electron chi connectivity index (χ2n) is 5.66. The Morgan fingerprint density at radius 1 is 1.19 bits per heavy atom. The van der Waals surface area contributed by atoms with Crippen molar-refractivity contribution in [2.75, 3.05) is 18.9 Å². The van der Waals surface area contributed by atoms with E-state index in [4.69, 9.17) is 5.11 Å². The van der Waals surface area contributed by atoms with Crippen LogP contribution in [0.15, 0.2) is 42.6 Å². The summed E-state index contributed by atoms with van der Waals surface area (Å²) in [5, 5.41) is 17.8. The van der Waals surface area contributed by atoms with Crippen molar-refractivity contribution in [2.45, 2.75) is 19.5 Å². The number of hydrogen-bond acceptors (Lipinski definition) is 4. The number of hydrogen-bond donors (Lipinski definition) is 3. The van der Waals surface area contributed by atoms with Crippen molar-refractivity contribution in [1.29, 1.82) is 0 Å². The summed E-state index contributed by atoms with van der Waals surface area (Å²) in [6.45, 7) is 0.374. The highest BCUT2D eigenvalue weighted by atomic mass is 16.4. The molecular weight excluding hydrogens is 338 g/mol.